The van der Waals surface area contributed by atoms with E-state index < -0.39 is 11.5 Å². The van der Waals surface area contributed by atoms with E-state index in [1.807, 2.05) is 32.0 Å². The Labute approximate surface area is 154 Å². The normalized spacial score (nSPS) is 15.5. The quantitative estimate of drug-likeness (QED) is 0.783. The molecule has 1 saturated heterocycles. The number of hydrogen-bond acceptors (Lipinski definition) is 3. The molecule has 0 spiro atoms. The highest BCUT2D eigenvalue weighted by atomic mass is 16.4. The van der Waals surface area contributed by atoms with Crippen LogP contribution in [-0.2, 0) is 9.59 Å². The van der Waals surface area contributed by atoms with E-state index in [0.29, 0.717) is 44.3 Å². The molecule has 1 aromatic rings. The van der Waals surface area contributed by atoms with Gasteiger partial charge in [0.1, 0.15) is 0 Å². The highest BCUT2D eigenvalue weighted by Gasteiger charge is 2.35. The highest BCUT2D eigenvalue weighted by Crippen LogP contribution is 2.24. The van der Waals surface area contributed by atoms with Crippen molar-refractivity contribution in [2.24, 2.45) is 5.92 Å². The predicted octanol–water partition coefficient (Wildman–Crippen LogP) is 2.69. The number of rotatable bonds is 7. The van der Waals surface area contributed by atoms with Gasteiger partial charge in [0.15, 0.2) is 0 Å². The van der Waals surface area contributed by atoms with Gasteiger partial charge in [-0.05, 0) is 37.8 Å². The van der Waals surface area contributed by atoms with E-state index in [-0.39, 0.29) is 24.2 Å². The molecule has 0 atom stereocenters. The Morgan fingerprint density at radius 2 is 1.69 bits per heavy atom. The summed E-state index contributed by atoms with van der Waals surface area (Å²) >= 11 is 0. The van der Waals surface area contributed by atoms with Crippen LogP contribution in [0.1, 0.15) is 56.3 Å². The minimum Gasteiger partial charge on any atom is -0.481 e. The van der Waals surface area contributed by atoms with Gasteiger partial charge in [-0.1, -0.05) is 32.0 Å². The van der Waals surface area contributed by atoms with Gasteiger partial charge in [0.05, 0.1) is 6.42 Å². The molecule has 0 unspecified atom stereocenters. The molecule has 142 valence electrons. The van der Waals surface area contributed by atoms with E-state index in [2.05, 4.69) is 5.32 Å². The van der Waals surface area contributed by atoms with Gasteiger partial charge in [0.25, 0.3) is 5.91 Å². The SMILES string of the molecule is CCC(CC)(CC(=O)O)NC(=O)C1CCN(C(=O)c2ccccc2)CC1. The number of carboxylic acids is 1. The Bertz CT molecular complexity index is 632. The Morgan fingerprint density at radius 3 is 2.19 bits per heavy atom. The number of aliphatic carboxylic acids is 1. The molecule has 2 amide bonds. The predicted molar refractivity (Wildman–Crippen MR) is 98.8 cm³/mol. The van der Waals surface area contributed by atoms with Crippen molar-refractivity contribution < 1.29 is 19.5 Å². The molecule has 1 heterocycles. The Morgan fingerprint density at radius 1 is 1.12 bits per heavy atom. The van der Waals surface area contributed by atoms with Gasteiger partial charge in [-0.25, -0.2) is 0 Å². The van der Waals surface area contributed by atoms with E-state index in [9.17, 15) is 14.4 Å². The fourth-order valence-corrected chi connectivity index (χ4v) is 3.48. The lowest BCUT2D eigenvalue weighted by Gasteiger charge is -2.36. The van der Waals surface area contributed by atoms with Gasteiger partial charge in [-0.15, -0.1) is 0 Å². The van der Waals surface area contributed by atoms with E-state index in [0.717, 1.165) is 0 Å². The number of amides is 2. The zero-order valence-corrected chi connectivity index (χ0v) is 15.5. The van der Waals surface area contributed by atoms with Gasteiger partial charge in [0.2, 0.25) is 5.91 Å². The molecule has 1 fully saturated rings. The zero-order chi connectivity index (χ0) is 19.2. The number of nitrogens with zero attached hydrogens (tertiary/aromatic N) is 1. The van der Waals surface area contributed by atoms with Gasteiger partial charge >= 0.3 is 5.97 Å². The average Bonchev–Trinajstić information content (AvgIpc) is 2.67. The monoisotopic (exact) mass is 360 g/mol. The third-order valence-electron chi connectivity index (χ3n) is 5.41. The fourth-order valence-electron chi connectivity index (χ4n) is 3.48. The average molecular weight is 360 g/mol. The molecule has 6 heteroatoms. The molecule has 0 saturated carbocycles. The van der Waals surface area contributed by atoms with Gasteiger partial charge in [-0.2, -0.15) is 0 Å². The number of carboxylic acid groups (broad SMARTS) is 1. The molecule has 26 heavy (non-hydrogen) atoms. The van der Waals surface area contributed by atoms with Crippen molar-refractivity contribution in [3.8, 4) is 0 Å². The molecule has 6 nitrogen and oxygen atoms in total. The molecule has 2 rings (SSSR count). The lowest BCUT2D eigenvalue weighted by atomic mass is 9.87. The lowest BCUT2D eigenvalue weighted by Crippen LogP contribution is -2.52. The molecule has 1 aromatic carbocycles. The number of carbonyl (C=O) groups excluding carboxylic acids is 2. The summed E-state index contributed by atoms with van der Waals surface area (Å²) in [4.78, 5) is 38.1. The summed E-state index contributed by atoms with van der Waals surface area (Å²) in [5.74, 6) is -1.19. The maximum atomic E-state index is 12.7. The van der Waals surface area contributed by atoms with E-state index in [1.165, 1.54) is 0 Å². The molecule has 0 bridgehead atoms. The molecule has 2 N–H and O–H groups in total. The smallest absolute Gasteiger partial charge is 0.305 e. The third-order valence-corrected chi connectivity index (χ3v) is 5.41. The summed E-state index contributed by atoms with van der Waals surface area (Å²) in [6.45, 7) is 4.87. The standard InChI is InChI=1S/C20H28N2O4/c1-3-20(4-2,14-17(23)24)21-18(25)15-10-12-22(13-11-15)19(26)16-8-6-5-7-9-16/h5-9,15H,3-4,10-14H2,1-2H3,(H,21,25)(H,23,24). The van der Waals surface area contributed by atoms with Crippen LogP contribution in [-0.4, -0.2) is 46.4 Å². The van der Waals surface area contributed by atoms with Crippen LogP contribution in [0.15, 0.2) is 30.3 Å². The Hall–Kier alpha value is -2.37. The van der Waals surface area contributed by atoms with Crippen LogP contribution in [0.5, 0.6) is 0 Å². The topological polar surface area (TPSA) is 86.7 Å². The fraction of sp³-hybridized carbons (Fsp3) is 0.550. The second-order valence-corrected chi connectivity index (χ2v) is 6.98. The van der Waals surface area contributed by atoms with Gasteiger partial charge in [0, 0.05) is 30.1 Å². The zero-order valence-electron chi connectivity index (χ0n) is 15.5. The third kappa shape index (κ3) is 4.84. The molecular formula is C20H28N2O4. The summed E-state index contributed by atoms with van der Waals surface area (Å²) in [7, 11) is 0. The van der Waals surface area contributed by atoms with Crippen molar-refractivity contribution in [1.82, 2.24) is 10.2 Å². The molecule has 0 aromatic heterocycles. The van der Waals surface area contributed by atoms with E-state index in [4.69, 9.17) is 5.11 Å². The van der Waals surface area contributed by atoms with Crippen LogP contribution in [0.4, 0.5) is 0 Å². The highest BCUT2D eigenvalue weighted by molar-refractivity contribution is 5.94. The second-order valence-electron chi connectivity index (χ2n) is 6.98. The molecule has 1 aliphatic rings. The molecule has 0 radical (unpaired) electrons. The minimum absolute atomic E-state index is 0.00759. The van der Waals surface area contributed by atoms with Crippen molar-refractivity contribution >= 4 is 17.8 Å². The Balaban J connectivity index is 1.93. The Kier molecular flexibility index (Phi) is 6.77. The number of hydrogen-bond donors (Lipinski definition) is 2. The minimum atomic E-state index is -0.905. The van der Waals surface area contributed by atoms with Gasteiger partial charge < -0.3 is 15.3 Å². The maximum absolute atomic E-state index is 12.7. The first-order valence-electron chi connectivity index (χ1n) is 9.29. The van der Waals surface area contributed by atoms with Crippen LogP contribution in [0.2, 0.25) is 0 Å². The summed E-state index contributed by atoms with van der Waals surface area (Å²) < 4.78 is 0. The number of benzene rings is 1. The molecular weight excluding hydrogens is 332 g/mol. The number of piperidine rings is 1. The van der Waals surface area contributed by atoms with Crippen LogP contribution in [0.25, 0.3) is 0 Å². The number of likely N-dealkylation sites (tertiary alicyclic amines) is 1. The van der Waals surface area contributed by atoms with Crippen LogP contribution in [0, 0.1) is 5.92 Å². The van der Waals surface area contributed by atoms with Crippen molar-refractivity contribution in [3.63, 3.8) is 0 Å². The summed E-state index contributed by atoms with van der Waals surface area (Å²) in [6.07, 6.45) is 2.28. The number of carbonyl (C=O) groups is 3. The van der Waals surface area contributed by atoms with Crippen LogP contribution in [0.3, 0.4) is 0 Å². The first-order chi connectivity index (χ1) is 12.4. The van der Waals surface area contributed by atoms with Crippen LogP contribution >= 0.6 is 0 Å². The first kappa shape index (κ1) is 19.9. The summed E-state index contributed by atoms with van der Waals surface area (Å²) in [5.41, 5.74) is -0.0345. The van der Waals surface area contributed by atoms with Crippen molar-refractivity contribution in [3.05, 3.63) is 35.9 Å². The van der Waals surface area contributed by atoms with Crippen molar-refractivity contribution in [1.29, 1.82) is 0 Å². The first-order valence-corrected chi connectivity index (χ1v) is 9.29. The van der Waals surface area contributed by atoms with E-state index in [1.54, 1.807) is 17.0 Å². The molecule has 1 aliphatic heterocycles. The second kappa shape index (κ2) is 8.83. The summed E-state index contributed by atoms with van der Waals surface area (Å²) in [5, 5.41) is 12.1. The van der Waals surface area contributed by atoms with Crippen molar-refractivity contribution in [2.75, 3.05) is 13.1 Å². The largest absolute Gasteiger partial charge is 0.481 e. The van der Waals surface area contributed by atoms with Gasteiger partial charge in [-0.3, -0.25) is 14.4 Å². The van der Waals surface area contributed by atoms with Crippen molar-refractivity contribution in [2.45, 2.75) is 51.5 Å². The lowest BCUT2D eigenvalue weighted by molar-refractivity contribution is -0.139. The van der Waals surface area contributed by atoms with Crippen LogP contribution < -0.4 is 5.32 Å². The summed E-state index contributed by atoms with van der Waals surface area (Å²) in [6, 6.07) is 9.14. The number of nitrogens with one attached hydrogen (secondary N) is 1. The van der Waals surface area contributed by atoms with E-state index >= 15 is 0 Å². The maximum Gasteiger partial charge on any atom is 0.305 e. The molecule has 0 aliphatic carbocycles.